The number of amides is 2. The van der Waals surface area contributed by atoms with E-state index in [1.54, 1.807) is 17.0 Å². The van der Waals surface area contributed by atoms with Crippen molar-refractivity contribution in [1.82, 2.24) is 10.3 Å². The molecule has 0 saturated carbocycles. The average molecular weight is 573 g/mol. The van der Waals surface area contributed by atoms with Crippen molar-refractivity contribution in [1.29, 1.82) is 0 Å². The normalized spacial score (nSPS) is 12.7. The second-order valence-electron chi connectivity index (χ2n) is 10.3. The van der Waals surface area contributed by atoms with E-state index in [9.17, 15) is 24.6 Å². The summed E-state index contributed by atoms with van der Waals surface area (Å²) in [4.78, 5) is 46.4. The van der Waals surface area contributed by atoms with Gasteiger partial charge in [-0.2, -0.15) is 0 Å². The van der Waals surface area contributed by atoms with Gasteiger partial charge in [-0.15, -0.1) is 0 Å². The Morgan fingerprint density at radius 3 is 2.37 bits per heavy atom. The van der Waals surface area contributed by atoms with Crippen molar-refractivity contribution in [3.63, 3.8) is 0 Å². The van der Waals surface area contributed by atoms with Crippen molar-refractivity contribution >= 4 is 45.8 Å². The minimum atomic E-state index is -1.06. The number of nitrogens with zero attached hydrogens (tertiary/aromatic N) is 2. The summed E-state index contributed by atoms with van der Waals surface area (Å²) in [6.07, 6.45) is 0.376. The maximum absolute atomic E-state index is 13.0. The number of benzene rings is 4. The first kappa shape index (κ1) is 27.5. The Labute approximate surface area is 247 Å². The monoisotopic (exact) mass is 572 g/mol. The van der Waals surface area contributed by atoms with Crippen LogP contribution in [0.15, 0.2) is 102 Å². The number of aromatic amines is 1. The van der Waals surface area contributed by atoms with Crippen molar-refractivity contribution in [2.45, 2.75) is 19.4 Å². The Morgan fingerprint density at radius 1 is 0.884 bits per heavy atom. The van der Waals surface area contributed by atoms with Gasteiger partial charge in [-0.1, -0.05) is 66.7 Å². The van der Waals surface area contributed by atoms with E-state index in [1.165, 1.54) is 12.1 Å². The fourth-order valence-corrected chi connectivity index (χ4v) is 5.35. The van der Waals surface area contributed by atoms with E-state index in [-0.39, 0.29) is 29.7 Å². The topological polar surface area (TPSA) is 135 Å². The van der Waals surface area contributed by atoms with Gasteiger partial charge < -0.3 is 25.4 Å². The lowest BCUT2D eigenvalue weighted by atomic mass is 10.00. The van der Waals surface area contributed by atoms with Crippen LogP contribution in [0.2, 0.25) is 0 Å². The first-order chi connectivity index (χ1) is 20.9. The van der Waals surface area contributed by atoms with E-state index in [2.05, 4.69) is 10.3 Å². The lowest BCUT2D eigenvalue weighted by Crippen LogP contribution is -2.34. The molecule has 4 N–H and O–H groups in total. The number of hydrogen-bond donors (Lipinski definition) is 4. The number of carboxylic acid groups (broad SMARTS) is 1. The van der Waals surface area contributed by atoms with E-state index < -0.39 is 5.97 Å². The molecule has 43 heavy (non-hydrogen) atoms. The van der Waals surface area contributed by atoms with Gasteiger partial charge in [0.1, 0.15) is 6.42 Å². The quantitative estimate of drug-likeness (QED) is 0.147. The summed E-state index contributed by atoms with van der Waals surface area (Å²) in [7, 11) is 0. The number of nitrogens with one attached hydrogen (secondary N) is 2. The van der Waals surface area contributed by atoms with E-state index in [0.29, 0.717) is 47.4 Å². The largest absolute Gasteiger partial charge is 0.494 e. The van der Waals surface area contributed by atoms with Crippen LogP contribution in [0, 0.1) is 0 Å². The van der Waals surface area contributed by atoms with Gasteiger partial charge >= 0.3 is 5.97 Å². The van der Waals surface area contributed by atoms with Gasteiger partial charge in [0, 0.05) is 35.2 Å². The Bertz CT molecular complexity index is 1880. The predicted molar refractivity (Wildman–Crippen MR) is 164 cm³/mol. The van der Waals surface area contributed by atoms with E-state index in [4.69, 9.17) is 4.99 Å². The molecule has 0 unspecified atom stereocenters. The molecular formula is C34H28N4O5. The fraction of sp³-hybridized carbons (Fsp3) is 0.118. The molecule has 2 amide bonds. The van der Waals surface area contributed by atoms with Crippen molar-refractivity contribution < 1.29 is 24.6 Å². The minimum Gasteiger partial charge on any atom is -0.494 e. The molecule has 0 atom stereocenters. The van der Waals surface area contributed by atoms with Crippen LogP contribution >= 0.6 is 0 Å². The molecule has 9 heteroatoms. The molecule has 1 aromatic heterocycles. The van der Waals surface area contributed by atoms with Gasteiger partial charge in [-0.05, 0) is 47.9 Å². The average Bonchev–Trinajstić information content (AvgIpc) is 3.59. The van der Waals surface area contributed by atoms with Gasteiger partial charge in [-0.25, -0.2) is 9.79 Å². The van der Waals surface area contributed by atoms with E-state index in [1.807, 2.05) is 72.8 Å². The van der Waals surface area contributed by atoms with Crippen molar-refractivity contribution in [3.05, 3.63) is 125 Å². The lowest BCUT2D eigenvalue weighted by Gasteiger charge is -2.17. The number of rotatable bonds is 8. The first-order valence-corrected chi connectivity index (χ1v) is 13.8. The summed E-state index contributed by atoms with van der Waals surface area (Å²) in [5.74, 6) is -1.78. The number of carbonyl (C=O) groups is 3. The number of fused-ring (bicyclic) bond motifs is 2. The Hall–Kier alpha value is -5.70. The Morgan fingerprint density at radius 2 is 1.63 bits per heavy atom. The Kier molecular flexibility index (Phi) is 7.44. The summed E-state index contributed by atoms with van der Waals surface area (Å²) in [5, 5.41) is 23.8. The number of aromatic hydroxyl groups is 1. The third kappa shape index (κ3) is 5.73. The zero-order valence-electron chi connectivity index (χ0n) is 23.1. The van der Waals surface area contributed by atoms with Gasteiger partial charge in [0.25, 0.3) is 0 Å². The molecule has 0 bridgehead atoms. The second kappa shape index (κ2) is 11.7. The SMILES string of the molecule is O=C(CC(=O)N1CCc2cc(N=C(c3ccccc3)c3c(O)[nH]c4cc(C(=O)O)ccc34)ccc21)NCc1ccccc1. The molecule has 2 heterocycles. The molecule has 1 aliphatic rings. The number of aromatic nitrogens is 1. The van der Waals surface area contributed by atoms with E-state index >= 15 is 0 Å². The van der Waals surface area contributed by atoms with E-state index in [0.717, 1.165) is 22.4 Å². The molecule has 1 aliphatic heterocycles. The van der Waals surface area contributed by atoms with Crippen LogP contribution in [0.4, 0.5) is 11.4 Å². The van der Waals surface area contributed by atoms with Crippen LogP contribution in [0.5, 0.6) is 5.88 Å². The van der Waals surface area contributed by atoms with Crippen LogP contribution in [-0.4, -0.2) is 45.2 Å². The number of hydrogen-bond acceptors (Lipinski definition) is 5. The molecule has 214 valence electrons. The second-order valence-corrected chi connectivity index (χ2v) is 10.3. The minimum absolute atomic E-state index is 0.102. The summed E-state index contributed by atoms with van der Waals surface area (Å²) >= 11 is 0. The predicted octanol–water partition coefficient (Wildman–Crippen LogP) is 5.34. The highest BCUT2D eigenvalue weighted by atomic mass is 16.4. The summed E-state index contributed by atoms with van der Waals surface area (Å²) in [6.45, 7) is 0.829. The molecule has 9 nitrogen and oxygen atoms in total. The molecule has 0 aliphatic carbocycles. The number of carbonyl (C=O) groups excluding carboxylic acids is 2. The molecule has 0 saturated heterocycles. The summed E-state index contributed by atoms with van der Waals surface area (Å²) in [5.41, 5.74) is 5.58. The zero-order valence-corrected chi connectivity index (χ0v) is 23.1. The van der Waals surface area contributed by atoms with Crippen LogP contribution in [0.25, 0.3) is 10.9 Å². The summed E-state index contributed by atoms with van der Waals surface area (Å²) < 4.78 is 0. The van der Waals surface area contributed by atoms with Crippen molar-refractivity contribution in [2.24, 2.45) is 4.99 Å². The van der Waals surface area contributed by atoms with Crippen LogP contribution in [0.1, 0.15) is 39.0 Å². The molecule has 4 aromatic carbocycles. The maximum atomic E-state index is 13.0. The standard InChI is InChI=1S/C34H28N4O5/c39-29(35-20-21-7-3-1-4-8-21)19-30(40)38-16-15-23-17-25(12-14-28(23)38)36-32(22-9-5-2-6-10-22)31-26-13-11-24(34(42)43)18-27(26)37-33(31)41/h1-14,17-18,37,41H,15-16,19-20H2,(H,35,39)(H,42,43). The number of anilines is 1. The van der Waals surface area contributed by atoms with Crippen LogP contribution < -0.4 is 10.2 Å². The molecule has 0 spiro atoms. The molecule has 0 fully saturated rings. The lowest BCUT2D eigenvalue weighted by molar-refractivity contribution is -0.128. The first-order valence-electron chi connectivity index (χ1n) is 13.8. The van der Waals surface area contributed by atoms with Gasteiger partial charge in [0.05, 0.1) is 22.5 Å². The maximum Gasteiger partial charge on any atom is 0.335 e. The van der Waals surface area contributed by atoms with Gasteiger partial charge in [0.15, 0.2) is 5.88 Å². The highest BCUT2D eigenvalue weighted by Crippen LogP contribution is 2.35. The highest BCUT2D eigenvalue weighted by molar-refractivity contribution is 6.22. The Balaban J connectivity index is 1.27. The number of aromatic carboxylic acids is 1. The highest BCUT2D eigenvalue weighted by Gasteiger charge is 2.27. The molecule has 6 rings (SSSR count). The third-order valence-corrected chi connectivity index (χ3v) is 7.45. The molecule has 5 aromatic rings. The van der Waals surface area contributed by atoms with Crippen LogP contribution in [0.3, 0.4) is 0 Å². The fourth-order valence-electron chi connectivity index (χ4n) is 5.35. The molecule has 0 radical (unpaired) electrons. The van der Waals surface area contributed by atoms with Crippen molar-refractivity contribution in [3.8, 4) is 5.88 Å². The number of carboxylic acids is 1. The zero-order chi connectivity index (χ0) is 29.9. The smallest absolute Gasteiger partial charge is 0.335 e. The van der Waals surface area contributed by atoms with Gasteiger partial charge in [-0.3, -0.25) is 9.59 Å². The number of H-pyrrole nitrogens is 1. The van der Waals surface area contributed by atoms with Gasteiger partial charge in [0.2, 0.25) is 11.8 Å². The summed E-state index contributed by atoms with van der Waals surface area (Å²) in [6, 6.07) is 29.1. The van der Waals surface area contributed by atoms with Crippen molar-refractivity contribution in [2.75, 3.05) is 11.4 Å². The molecular weight excluding hydrogens is 544 g/mol. The third-order valence-electron chi connectivity index (χ3n) is 7.45. The van der Waals surface area contributed by atoms with Crippen LogP contribution in [-0.2, 0) is 22.6 Å². The number of aliphatic imine (C=N–C) groups is 1.